The number of amides is 2. The first kappa shape index (κ1) is 19.7. The first-order chi connectivity index (χ1) is 13.2. The van der Waals surface area contributed by atoms with Crippen LogP contribution in [0.25, 0.3) is 0 Å². The third-order valence-electron chi connectivity index (χ3n) is 5.47. The molecule has 6 heteroatoms. The zero-order valence-corrected chi connectivity index (χ0v) is 16.3. The number of anilines is 1. The zero-order valence-electron chi connectivity index (χ0n) is 16.3. The lowest BCUT2D eigenvalue weighted by atomic mass is 9.97. The fourth-order valence-corrected chi connectivity index (χ4v) is 3.87. The van der Waals surface area contributed by atoms with Crippen molar-refractivity contribution >= 4 is 17.5 Å². The van der Waals surface area contributed by atoms with Gasteiger partial charge in [0, 0.05) is 37.2 Å². The predicted molar refractivity (Wildman–Crippen MR) is 106 cm³/mol. The quantitative estimate of drug-likeness (QED) is 0.687. The first-order valence-electron chi connectivity index (χ1n) is 10.2. The summed E-state index contributed by atoms with van der Waals surface area (Å²) in [5, 5.41) is 6.26. The third-order valence-corrected chi connectivity index (χ3v) is 5.47. The van der Waals surface area contributed by atoms with Crippen LogP contribution in [0, 0.1) is 5.92 Å². The van der Waals surface area contributed by atoms with Gasteiger partial charge >= 0.3 is 0 Å². The highest BCUT2D eigenvalue weighted by atomic mass is 16.5. The van der Waals surface area contributed by atoms with Crippen molar-refractivity contribution in [2.75, 3.05) is 38.1 Å². The third kappa shape index (κ3) is 5.45. The van der Waals surface area contributed by atoms with Gasteiger partial charge in [-0.25, -0.2) is 0 Å². The summed E-state index contributed by atoms with van der Waals surface area (Å²) in [6, 6.07) is 5.74. The maximum atomic E-state index is 12.5. The number of ether oxygens (including phenoxy) is 1. The molecule has 2 amide bonds. The van der Waals surface area contributed by atoms with E-state index >= 15 is 0 Å². The van der Waals surface area contributed by atoms with Crippen molar-refractivity contribution in [2.45, 2.75) is 45.4 Å². The summed E-state index contributed by atoms with van der Waals surface area (Å²) < 4.78 is 5.92. The second-order valence-corrected chi connectivity index (χ2v) is 7.41. The molecule has 0 spiro atoms. The molecule has 0 saturated carbocycles. The topological polar surface area (TPSA) is 70.7 Å². The molecule has 1 fully saturated rings. The molecule has 2 N–H and O–H groups in total. The minimum atomic E-state index is 0.0543. The van der Waals surface area contributed by atoms with E-state index in [1.54, 1.807) is 0 Å². The Bertz CT molecular complexity index is 656. The standard InChI is InChI=1S/C21H31N3O3/c1-2-24(15-16-10-12-22-13-11-16)21(26)7-4-14-27-19-6-3-5-18-17(19)8-9-20(25)23-18/h3,5-6,16,22H,2,4,7-15H2,1H3,(H,23,25). The van der Waals surface area contributed by atoms with Crippen LogP contribution in [0.4, 0.5) is 5.69 Å². The van der Waals surface area contributed by atoms with Crippen molar-refractivity contribution in [3.8, 4) is 5.75 Å². The monoisotopic (exact) mass is 373 g/mol. The molecule has 2 heterocycles. The number of rotatable bonds is 8. The SMILES string of the molecule is CCN(CC1CCNCC1)C(=O)CCCOc1cccc2c1CCC(=O)N2. The second kappa shape index (κ2) is 9.74. The van der Waals surface area contributed by atoms with Crippen molar-refractivity contribution in [2.24, 2.45) is 5.92 Å². The molecule has 1 saturated heterocycles. The molecule has 0 aliphatic carbocycles. The van der Waals surface area contributed by atoms with E-state index in [4.69, 9.17) is 4.74 Å². The minimum Gasteiger partial charge on any atom is -0.493 e. The summed E-state index contributed by atoms with van der Waals surface area (Å²) in [7, 11) is 0. The van der Waals surface area contributed by atoms with Crippen LogP contribution in [-0.2, 0) is 16.0 Å². The number of carbonyl (C=O) groups excluding carboxylic acids is 2. The summed E-state index contributed by atoms with van der Waals surface area (Å²) >= 11 is 0. The van der Waals surface area contributed by atoms with Crippen LogP contribution >= 0.6 is 0 Å². The number of nitrogens with zero attached hydrogens (tertiary/aromatic N) is 1. The van der Waals surface area contributed by atoms with Gasteiger partial charge in [-0.3, -0.25) is 9.59 Å². The fraction of sp³-hybridized carbons (Fsp3) is 0.619. The first-order valence-corrected chi connectivity index (χ1v) is 10.2. The summed E-state index contributed by atoms with van der Waals surface area (Å²) in [5.74, 6) is 1.72. The largest absolute Gasteiger partial charge is 0.493 e. The highest BCUT2D eigenvalue weighted by Crippen LogP contribution is 2.31. The zero-order chi connectivity index (χ0) is 19.1. The Kier molecular flexibility index (Phi) is 7.10. The average Bonchev–Trinajstić information content (AvgIpc) is 2.69. The van der Waals surface area contributed by atoms with Gasteiger partial charge in [-0.15, -0.1) is 0 Å². The maximum Gasteiger partial charge on any atom is 0.224 e. The molecule has 0 radical (unpaired) electrons. The van der Waals surface area contributed by atoms with Crippen LogP contribution in [0.5, 0.6) is 5.75 Å². The van der Waals surface area contributed by atoms with Gasteiger partial charge in [-0.2, -0.15) is 0 Å². The molecule has 3 rings (SSSR count). The fourth-order valence-electron chi connectivity index (χ4n) is 3.87. The Morgan fingerprint density at radius 1 is 1.26 bits per heavy atom. The molecule has 6 nitrogen and oxygen atoms in total. The Morgan fingerprint density at radius 3 is 2.85 bits per heavy atom. The van der Waals surface area contributed by atoms with Gasteiger partial charge < -0.3 is 20.3 Å². The number of hydrogen-bond donors (Lipinski definition) is 2. The molecule has 1 aromatic carbocycles. The van der Waals surface area contributed by atoms with Gasteiger partial charge in [0.25, 0.3) is 0 Å². The van der Waals surface area contributed by atoms with E-state index in [1.165, 1.54) is 0 Å². The highest BCUT2D eigenvalue weighted by molar-refractivity contribution is 5.94. The van der Waals surface area contributed by atoms with Crippen molar-refractivity contribution in [1.82, 2.24) is 10.2 Å². The van der Waals surface area contributed by atoms with Gasteiger partial charge in [-0.1, -0.05) is 6.07 Å². The molecule has 0 bridgehead atoms. The number of fused-ring (bicyclic) bond motifs is 1. The van der Waals surface area contributed by atoms with Crippen molar-refractivity contribution in [3.05, 3.63) is 23.8 Å². The summed E-state index contributed by atoms with van der Waals surface area (Å²) in [6.45, 7) is 6.35. The molecular formula is C21H31N3O3. The van der Waals surface area contributed by atoms with Crippen LogP contribution in [0.1, 0.15) is 44.6 Å². The van der Waals surface area contributed by atoms with Crippen LogP contribution in [0.15, 0.2) is 18.2 Å². The van der Waals surface area contributed by atoms with E-state index < -0.39 is 0 Å². The summed E-state index contributed by atoms with van der Waals surface area (Å²) in [6.07, 6.45) is 4.73. The summed E-state index contributed by atoms with van der Waals surface area (Å²) in [5.41, 5.74) is 1.91. The lowest BCUT2D eigenvalue weighted by molar-refractivity contribution is -0.132. The highest BCUT2D eigenvalue weighted by Gasteiger charge is 2.20. The molecule has 0 aromatic heterocycles. The van der Waals surface area contributed by atoms with Gasteiger partial charge in [0.2, 0.25) is 11.8 Å². The lowest BCUT2D eigenvalue weighted by Crippen LogP contribution is -2.39. The second-order valence-electron chi connectivity index (χ2n) is 7.41. The molecular weight excluding hydrogens is 342 g/mol. The Balaban J connectivity index is 1.43. The normalized spacial score (nSPS) is 17.1. The van der Waals surface area contributed by atoms with E-state index in [0.717, 1.165) is 56.0 Å². The van der Waals surface area contributed by atoms with E-state index in [-0.39, 0.29) is 11.8 Å². The smallest absolute Gasteiger partial charge is 0.224 e. The Hall–Kier alpha value is -2.08. The Labute approximate surface area is 161 Å². The maximum absolute atomic E-state index is 12.5. The van der Waals surface area contributed by atoms with Gasteiger partial charge in [0.05, 0.1) is 6.61 Å². The predicted octanol–water partition coefficient (Wildman–Crippen LogP) is 2.58. The molecule has 148 valence electrons. The average molecular weight is 373 g/mol. The van der Waals surface area contributed by atoms with Crippen LogP contribution in [0.2, 0.25) is 0 Å². The Morgan fingerprint density at radius 2 is 2.07 bits per heavy atom. The van der Waals surface area contributed by atoms with E-state index in [2.05, 4.69) is 17.6 Å². The lowest BCUT2D eigenvalue weighted by Gasteiger charge is -2.29. The minimum absolute atomic E-state index is 0.0543. The molecule has 0 unspecified atom stereocenters. The van der Waals surface area contributed by atoms with E-state index in [9.17, 15) is 9.59 Å². The van der Waals surface area contributed by atoms with Crippen LogP contribution in [0.3, 0.4) is 0 Å². The molecule has 2 aliphatic heterocycles. The van der Waals surface area contributed by atoms with Gasteiger partial charge in [0.1, 0.15) is 5.75 Å². The van der Waals surface area contributed by atoms with E-state index in [1.807, 2.05) is 23.1 Å². The van der Waals surface area contributed by atoms with Gasteiger partial charge in [-0.05, 0) is 63.7 Å². The van der Waals surface area contributed by atoms with E-state index in [0.29, 0.717) is 38.2 Å². The van der Waals surface area contributed by atoms with Crippen molar-refractivity contribution < 1.29 is 14.3 Å². The summed E-state index contributed by atoms with van der Waals surface area (Å²) in [4.78, 5) is 26.0. The van der Waals surface area contributed by atoms with Crippen molar-refractivity contribution in [1.29, 1.82) is 0 Å². The number of piperidine rings is 1. The van der Waals surface area contributed by atoms with Gasteiger partial charge in [0.15, 0.2) is 0 Å². The molecule has 1 aromatic rings. The number of carbonyl (C=O) groups is 2. The molecule has 2 aliphatic rings. The molecule has 27 heavy (non-hydrogen) atoms. The van der Waals surface area contributed by atoms with Crippen LogP contribution in [-0.4, -0.2) is 49.5 Å². The van der Waals surface area contributed by atoms with Crippen molar-refractivity contribution in [3.63, 3.8) is 0 Å². The number of hydrogen-bond acceptors (Lipinski definition) is 4. The number of nitrogens with one attached hydrogen (secondary N) is 2. The van der Waals surface area contributed by atoms with Crippen LogP contribution < -0.4 is 15.4 Å². The number of benzene rings is 1. The molecule has 0 atom stereocenters.